The summed E-state index contributed by atoms with van der Waals surface area (Å²) >= 11 is 0. The van der Waals surface area contributed by atoms with Gasteiger partial charge in [0, 0.05) is 23.9 Å². The third-order valence-corrected chi connectivity index (χ3v) is 5.17. The Morgan fingerprint density at radius 2 is 1.76 bits per heavy atom. The summed E-state index contributed by atoms with van der Waals surface area (Å²) in [4.78, 5) is 4.87. The summed E-state index contributed by atoms with van der Waals surface area (Å²) in [5.74, 6) is -0.0494. The van der Waals surface area contributed by atoms with Crippen molar-refractivity contribution >= 4 is 11.0 Å². The van der Waals surface area contributed by atoms with Gasteiger partial charge in [-0.3, -0.25) is 0 Å². The molecule has 0 saturated heterocycles. The molecule has 2 aromatic heterocycles. The van der Waals surface area contributed by atoms with Gasteiger partial charge in [0.15, 0.2) is 0 Å². The third-order valence-electron chi connectivity index (χ3n) is 5.17. The maximum atomic E-state index is 12.5. The molecule has 0 amide bonds. The molecule has 0 unspecified atom stereocenters. The average Bonchev–Trinajstić information content (AvgIpc) is 2.96. The smallest absolute Gasteiger partial charge is 0.496 e. The predicted octanol–water partition coefficient (Wildman–Crippen LogP) is 6.59. The molecular weight excluding hydrogens is 381 g/mol. The number of hydrogen-bond acceptors (Lipinski definition) is 3. The van der Waals surface area contributed by atoms with Crippen LogP contribution in [0.5, 0.6) is 11.5 Å². The summed E-state index contributed by atoms with van der Waals surface area (Å²) < 4.78 is 49.2. The number of methoxy groups -OCH3 is 1. The maximum absolute atomic E-state index is 12.5. The van der Waals surface area contributed by atoms with E-state index in [1.165, 1.54) is 19.2 Å². The van der Waals surface area contributed by atoms with Crippen LogP contribution in [0.2, 0.25) is 0 Å². The fourth-order valence-corrected chi connectivity index (χ4v) is 3.75. The Hall–Kier alpha value is -2.70. The largest absolute Gasteiger partial charge is 0.573 e. The summed E-state index contributed by atoms with van der Waals surface area (Å²) in [5.41, 5.74) is 5.23. The Kier molecular flexibility index (Phi) is 5.78. The van der Waals surface area contributed by atoms with Gasteiger partial charge in [-0.1, -0.05) is 13.8 Å². The van der Waals surface area contributed by atoms with E-state index in [1.807, 2.05) is 13.8 Å². The molecule has 0 saturated carbocycles. The van der Waals surface area contributed by atoms with Gasteiger partial charge in [0.2, 0.25) is 0 Å². The van der Waals surface area contributed by atoms with E-state index in [0.717, 1.165) is 35.0 Å². The minimum absolute atomic E-state index is 0.277. The maximum Gasteiger partial charge on any atom is 0.573 e. The van der Waals surface area contributed by atoms with Gasteiger partial charge in [0.05, 0.1) is 23.8 Å². The first-order chi connectivity index (χ1) is 13.7. The van der Waals surface area contributed by atoms with Crippen molar-refractivity contribution in [1.29, 1.82) is 0 Å². The second-order valence-corrected chi connectivity index (χ2v) is 7.12. The van der Waals surface area contributed by atoms with Crippen LogP contribution >= 0.6 is 0 Å². The minimum atomic E-state index is -4.76. The predicted molar refractivity (Wildman–Crippen MR) is 107 cm³/mol. The molecule has 3 rings (SSSR count). The number of benzene rings is 1. The number of hydrogen-bond donors (Lipinski definition) is 0. The van der Waals surface area contributed by atoms with Gasteiger partial charge in [-0.2, -0.15) is 0 Å². The Bertz CT molecular complexity index is 1020. The number of alkyl halides is 3. The van der Waals surface area contributed by atoms with E-state index in [4.69, 9.17) is 9.72 Å². The molecule has 0 atom stereocenters. The van der Waals surface area contributed by atoms with Crippen molar-refractivity contribution < 1.29 is 22.6 Å². The van der Waals surface area contributed by atoms with Crippen LogP contribution in [-0.4, -0.2) is 23.0 Å². The van der Waals surface area contributed by atoms with Gasteiger partial charge in [0.1, 0.15) is 11.5 Å². The number of fused-ring (bicyclic) bond motifs is 1. The molecule has 3 aromatic rings. The molecule has 0 N–H and O–H groups in total. The first-order valence-electron chi connectivity index (χ1n) is 9.61. The van der Waals surface area contributed by atoms with Crippen molar-refractivity contribution in [3.8, 4) is 22.8 Å². The fraction of sp³-hybridized carbons (Fsp3) is 0.409. The standard InChI is InChI=1S/C22H25F3N2O2/c1-6-15(7-2)27-12-14(4)21-18(27)10-13(3)20(26-21)17-9-8-16(11-19(17)28-5)29-22(23,24)25/h8-12,15H,6-7H2,1-5H3. The highest BCUT2D eigenvalue weighted by Crippen LogP contribution is 2.37. The SMILES string of the molecule is CCC(CC)n1cc(C)c2nc(-c3ccc(OC(F)(F)F)cc3OC)c(C)cc21. The molecule has 29 heavy (non-hydrogen) atoms. The van der Waals surface area contributed by atoms with Gasteiger partial charge in [-0.15, -0.1) is 13.2 Å². The van der Waals surface area contributed by atoms with Crippen LogP contribution in [0.1, 0.15) is 43.9 Å². The molecule has 7 heteroatoms. The summed E-state index contributed by atoms with van der Waals surface area (Å²) in [5, 5.41) is 0. The zero-order valence-corrected chi connectivity index (χ0v) is 17.2. The summed E-state index contributed by atoms with van der Waals surface area (Å²) in [6.07, 6.45) is -0.588. The van der Waals surface area contributed by atoms with Crippen LogP contribution in [0.25, 0.3) is 22.3 Å². The molecule has 0 radical (unpaired) electrons. The molecule has 2 heterocycles. The molecule has 0 fully saturated rings. The highest BCUT2D eigenvalue weighted by Gasteiger charge is 2.31. The van der Waals surface area contributed by atoms with Crippen LogP contribution in [0.4, 0.5) is 13.2 Å². The van der Waals surface area contributed by atoms with E-state index in [-0.39, 0.29) is 11.5 Å². The molecule has 0 aliphatic carbocycles. The lowest BCUT2D eigenvalue weighted by molar-refractivity contribution is -0.274. The molecule has 4 nitrogen and oxygen atoms in total. The van der Waals surface area contributed by atoms with Crippen LogP contribution in [-0.2, 0) is 0 Å². The number of nitrogens with zero attached hydrogens (tertiary/aromatic N) is 2. The van der Waals surface area contributed by atoms with Crippen molar-refractivity contribution in [3.05, 3.63) is 41.6 Å². The van der Waals surface area contributed by atoms with Crippen molar-refractivity contribution in [2.45, 2.75) is 52.9 Å². The Morgan fingerprint density at radius 3 is 2.34 bits per heavy atom. The van der Waals surface area contributed by atoms with Gasteiger partial charge < -0.3 is 14.0 Å². The summed E-state index contributed by atoms with van der Waals surface area (Å²) in [6.45, 7) is 8.30. The lowest BCUT2D eigenvalue weighted by Gasteiger charge is -2.17. The fourth-order valence-electron chi connectivity index (χ4n) is 3.75. The van der Waals surface area contributed by atoms with E-state index in [9.17, 15) is 13.2 Å². The van der Waals surface area contributed by atoms with Crippen molar-refractivity contribution in [3.63, 3.8) is 0 Å². The highest BCUT2D eigenvalue weighted by molar-refractivity contribution is 5.85. The number of rotatable bonds is 6. The van der Waals surface area contributed by atoms with E-state index in [1.54, 1.807) is 6.07 Å². The van der Waals surface area contributed by atoms with Crippen molar-refractivity contribution in [1.82, 2.24) is 9.55 Å². The molecule has 0 aliphatic heterocycles. The lowest BCUT2D eigenvalue weighted by atomic mass is 10.0. The first-order valence-corrected chi connectivity index (χ1v) is 9.61. The van der Waals surface area contributed by atoms with Crippen LogP contribution in [0.3, 0.4) is 0 Å². The second kappa shape index (κ2) is 7.97. The number of aryl methyl sites for hydroxylation is 2. The molecule has 0 bridgehead atoms. The number of halogens is 3. The number of pyridine rings is 1. The van der Waals surface area contributed by atoms with Crippen LogP contribution in [0, 0.1) is 13.8 Å². The van der Waals surface area contributed by atoms with Gasteiger partial charge in [0.25, 0.3) is 0 Å². The van der Waals surface area contributed by atoms with Gasteiger partial charge >= 0.3 is 6.36 Å². The molecule has 156 valence electrons. The van der Waals surface area contributed by atoms with E-state index >= 15 is 0 Å². The first kappa shape index (κ1) is 21.0. The van der Waals surface area contributed by atoms with Crippen molar-refractivity contribution in [2.75, 3.05) is 7.11 Å². The van der Waals surface area contributed by atoms with Crippen LogP contribution in [0.15, 0.2) is 30.5 Å². The topological polar surface area (TPSA) is 36.3 Å². The van der Waals surface area contributed by atoms with Crippen LogP contribution < -0.4 is 9.47 Å². The van der Waals surface area contributed by atoms with E-state index < -0.39 is 6.36 Å². The Morgan fingerprint density at radius 1 is 1.07 bits per heavy atom. The zero-order chi connectivity index (χ0) is 21.3. The second-order valence-electron chi connectivity index (χ2n) is 7.12. The molecule has 0 aliphatic rings. The van der Waals surface area contributed by atoms with Crippen molar-refractivity contribution in [2.24, 2.45) is 0 Å². The number of aromatic nitrogens is 2. The van der Waals surface area contributed by atoms with Gasteiger partial charge in [-0.05, 0) is 56.0 Å². The normalized spacial score (nSPS) is 12.0. The zero-order valence-electron chi connectivity index (χ0n) is 17.2. The Balaban J connectivity index is 2.13. The lowest BCUT2D eigenvalue weighted by Crippen LogP contribution is -2.17. The Labute approximate surface area is 168 Å². The van der Waals surface area contributed by atoms with E-state index in [0.29, 0.717) is 17.3 Å². The average molecular weight is 406 g/mol. The quantitative estimate of drug-likeness (QED) is 0.463. The van der Waals surface area contributed by atoms with Gasteiger partial charge in [-0.25, -0.2) is 4.98 Å². The monoisotopic (exact) mass is 406 g/mol. The molecular formula is C22H25F3N2O2. The third kappa shape index (κ3) is 4.18. The molecule has 1 aromatic carbocycles. The molecule has 0 spiro atoms. The van der Waals surface area contributed by atoms with E-state index in [2.05, 4.69) is 35.4 Å². The summed E-state index contributed by atoms with van der Waals surface area (Å²) in [6, 6.07) is 6.54. The highest BCUT2D eigenvalue weighted by atomic mass is 19.4. The minimum Gasteiger partial charge on any atom is -0.496 e. The summed E-state index contributed by atoms with van der Waals surface area (Å²) in [7, 11) is 1.42. The number of ether oxygens (including phenoxy) is 2.